The van der Waals surface area contributed by atoms with Crippen molar-refractivity contribution in [2.45, 2.75) is 0 Å². The van der Waals surface area contributed by atoms with E-state index in [1.54, 1.807) is 0 Å². The van der Waals surface area contributed by atoms with E-state index < -0.39 is 0 Å². The molecule has 0 amide bonds. The van der Waals surface area contributed by atoms with E-state index >= 15 is 0 Å². The second kappa shape index (κ2) is 2.85. The van der Waals surface area contributed by atoms with Gasteiger partial charge in [0.05, 0.1) is 10.1 Å². The number of hydrogen-bond donors (Lipinski definition) is 0. The zero-order chi connectivity index (χ0) is 7.02. The summed E-state index contributed by atoms with van der Waals surface area (Å²) in [5, 5.41) is 0.781. The highest BCUT2D eigenvalue weighted by molar-refractivity contribution is 6.82. The van der Waals surface area contributed by atoms with Gasteiger partial charge in [0.2, 0.25) is 0 Å². The highest BCUT2D eigenvalue weighted by Crippen LogP contribution is 2.35. The largest absolute Gasteiger partial charge is 0.158 e. The summed E-state index contributed by atoms with van der Waals surface area (Å²) in [5.41, 5.74) is 0. The molecule has 5 heteroatoms. The molecule has 0 N–H and O–H groups in total. The molecular weight excluding hydrogens is 218 g/mol. The third kappa shape index (κ3) is 1.47. The van der Waals surface area contributed by atoms with E-state index in [0.29, 0.717) is 19.4 Å². The minimum absolute atomic E-state index is 0.243. The molecule has 0 aromatic carbocycles. The first-order valence-corrected chi connectivity index (χ1v) is 4.52. The van der Waals surface area contributed by atoms with Gasteiger partial charge in [-0.1, -0.05) is 46.4 Å². The monoisotopic (exact) mass is 216 g/mol. The molecule has 0 aliphatic carbocycles. The van der Waals surface area contributed by atoms with Crippen molar-refractivity contribution in [1.29, 1.82) is 0 Å². The van der Waals surface area contributed by atoms with Gasteiger partial charge in [0, 0.05) is 9.31 Å². The molecule has 2 radical (unpaired) electrons. The van der Waals surface area contributed by atoms with Crippen LogP contribution in [0.5, 0.6) is 0 Å². The van der Waals surface area contributed by atoms with Gasteiger partial charge < -0.3 is 0 Å². The SMILES string of the molecule is ClC1=C(Cl)C(Cl)=C(Cl)[Si]1. The van der Waals surface area contributed by atoms with Crippen LogP contribution < -0.4 is 0 Å². The van der Waals surface area contributed by atoms with E-state index in [-0.39, 0.29) is 9.52 Å². The Morgan fingerprint density at radius 3 is 1.22 bits per heavy atom. The molecule has 1 aliphatic rings. The topological polar surface area (TPSA) is 0 Å². The lowest BCUT2D eigenvalue weighted by atomic mass is 10.6. The highest BCUT2D eigenvalue weighted by atomic mass is 35.5. The van der Waals surface area contributed by atoms with Gasteiger partial charge in [0.1, 0.15) is 0 Å². The molecule has 1 rings (SSSR count). The standard InChI is InChI=1S/C4Cl4Si/c5-1-2(6)4(8)9-3(1)7. The lowest BCUT2D eigenvalue weighted by Crippen LogP contribution is -1.82. The Morgan fingerprint density at radius 2 is 1.11 bits per heavy atom. The molecule has 0 aromatic heterocycles. The molecule has 9 heavy (non-hydrogen) atoms. The summed E-state index contributed by atoms with van der Waals surface area (Å²) >= 11 is 22.4. The van der Waals surface area contributed by atoms with E-state index in [4.69, 9.17) is 46.4 Å². The zero-order valence-electron chi connectivity index (χ0n) is 4.01. The van der Waals surface area contributed by atoms with Crippen molar-refractivity contribution in [3.05, 3.63) is 19.4 Å². The molecule has 0 fully saturated rings. The van der Waals surface area contributed by atoms with Gasteiger partial charge in [-0.15, -0.1) is 0 Å². The van der Waals surface area contributed by atoms with Gasteiger partial charge in [0.15, 0.2) is 9.52 Å². The van der Waals surface area contributed by atoms with Gasteiger partial charge in [-0.2, -0.15) is 0 Å². The molecule has 0 atom stereocenters. The van der Waals surface area contributed by atoms with Gasteiger partial charge in [-0.3, -0.25) is 0 Å². The maximum Gasteiger partial charge on any atom is 0.158 e. The summed E-state index contributed by atoms with van der Waals surface area (Å²) in [4.78, 5) is 0. The van der Waals surface area contributed by atoms with Crippen molar-refractivity contribution >= 4 is 55.9 Å². The lowest BCUT2D eigenvalue weighted by molar-refractivity contribution is 1.90. The first kappa shape index (κ1) is 7.96. The fourth-order valence-electron chi connectivity index (χ4n) is 0.399. The van der Waals surface area contributed by atoms with Gasteiger partial charge in [0.25, 0.3) is 0 Å². The van der Waals surface area contributed by atoms with Crippen molar-refractivity contribution < 1.29 is 0 Å². The maximum absolute atomic E-state index is 5.60. The summed E-state index contributed by atoms with van der Waals surface area (Å²) in [7, 11) is 0.243. The Labute approximate surface area is 75.2 Å². The third-order valence-electron chi connectivity index (χ3n) is 0.798. The van der Waals surface area contributed by atoms with E-state index in [1.807, 2.05) is 0 Å². The van der Waals surface area contributed by atoms with Crippen molar-refractivity contribution in [2.75, 3.05) is 0 Å². The van der Waals surface area contributed by atoms with Crippen LogP contribution >= 0.6 is 46.4 Å². The normalized spacial score (nSPS) is 20.0. The average Bonchev–Trinajstić information content (AvgIpc) is 1.98. The van der Waals surface area contributed by atoms with Crippen molar-refractivity contribution in [3.63, 3.8) is 0 Å². The van der Waals surface area contributed by atoms with Crippen LogP contribution in [-0.2, 0) is 0 Å². The Bertz CT molecular complexity index is 183. The molecule has 1 aliphatic heterocycles. The minimum atomic E-state index is 0.243. The first-order chi connectivity index (χ1) is 4.13. The molecule has 0 bridgehead atoms. The fourth-order valence-corrected chi connectivity index (χ4v) is 2.69. The molecule has 1 heterocycles. The minimum Gasteiger partial charge on any atom is -0.0927 e. The Balaban J connectivity index is 2.97. The fraction of sp³-hybridized carbons (Fsp3) is 0. The van der Waals surface area contributed by atoms with Gasteiger partial charge in [-0.25, -0.2) is 0 Å². The molecule has 48 valence electrons. The van der Waals surface area contributed by atoms with Crippen LogP contribution in [-0.4, -0.2) is 9.52 Å². The Morgan fingerprint density at radius 1 is 0.778 bits per heavy atom. The van der Waals surface area contributed by atoms with Crippen LogP contribution in [0.1, 0.15) is 0 Å². The first-order valence-electron chi connectivity index (χ1n) is 2.01. The molecule has 0 saturated carbocycles. The smallest absolute Gasteiger partial charge is 0.0927 e. The van der Waals surface area contributed by atoms with Crippen molar-refractivity contribution in [3.8, 4) is 0 Å². The third-order valence-corrected chi connectivity index (χ3v) is 4.04. The summed E-state index contributed by atoms with van der Waals surface area (Å²) < 4.78 is 1.10. The predicted molar refractivity (Wildman–Crippen MR) is 43.2 cm³/mol. The van der Waals surface area contributed by atoms with Crippen molar-refractivity contribution in [1.82, 2.24) is 0 Å². The number of halogens is 4. The van der Waals surface area contributed by atoms with Gasteiger partial charge >= 0.3 is 0 Å². The molecule has 0 unspecified atom stereocenters. The van der Waals surface area contributed by atoms with E-state index in [0.717, 1.165) is 0 Å². The summed E-state index contributed by atoms with van der Waals surface area (Å²) in [6.45, 7) is 0. The molecule has 0 aromatic rings. The summed E-state index contributed by atoms with van der Waals surface area (Å²) in [6.07, 6.45) is 0. The Hall–Kier alpha value is 0.857. The highest BCUT2D eigenvalue weighted by Gasteiger charge is 2.19. The quantitative estimate of drug-likeness (QED) is 0.548. The zero-order valence-corrected chi connectivity index (χ0v) is 8.04. The van der Waals surface area contributed by atoms with Crippen LogP contribution in [0, 0.1) is 0 Å². The summed E-state index contributed by atoms with van der Waals surface area (Å²) in [6, 6.07) is 0. The lowest BCUT2D eigenvalue weighted by Gasteiger charge is -1.87. The second-order valence-corrected chi connectivity index (χ2v) is 4.78. The molecule has 0 nitrogen and oxygen atoms in total. The number of rotatable bonds is 0. The van der Waals surface area contributed by atoms with Crippen LogP contribution in [0.2, 0.25) is 0 Å². The number of hydrogen-bond acceptors (Lipinski definition) is 0. The van der Waals surface area contributed by atoms with Gasteiger partial charge in [-0.05, 0) is 0 Å². The Kier molecular flexibility index (Phi) is 2.52. The maximum atomic E-state index is 5.60. The number of allylic oxidation sites excluding steroid dienone is 2. The molecular formula is C4Cl4Si. The van der Waals surface area contributed by atoms with E-state index in [9.17, 15) is 0 Å². The van der Waals surface area contributed by atoms with Crippen LogP contribution in [0.15, 0.2) is 19.4 Å². The second-order valence-electron chi connectivity index (χ2n) is 1.38. The summed E-state index contributed by atoms with van der Waals surface area (Å²) in [5.74, 6) is 0. The molecule has 0 saturated heterocycles. The van der Waals surface area contributed by atoms with E-state index in [2.05, 4.69) is 0 Å². The van der Waals surface area contributed by atoms with Crippen LogP contribution in [0.3, 0.4) is 0 Å². The van der Waals surface area contributed by atoms with Crippen molar-refractivity contribution in [2.24, 2.45) is 0 Å². The van der Waals surface area contributed by atoms with E-state index in [1.165, 1.54) is 0 Å². The average molecular weight is 218 g/mol. The van der Waals surface area contributed by atoms with Crippen LogP contribution in [0.25, 0.3) is 0 Å². The van der Waals surface area contributed by atoms with Crippen LogP contribution in [0.4, 0.5) is 0 Å². The predicted octanol–water partition coefficient (Wildman–Crippen LogP) is 3.00. The molecule has 0 spiro atoms.